The van der Waals surface area contributed by atoms with Crippen LogP contribution in [0.25, 0.3) is 0 Å². The molecule has 1 unspecified atom stereocenters. The van der Waals surface area contributed by atoms with E-state index in [1.54, 1.807) is 12.1 Å². The molecule has 0 spiro atoms. The number of hydrogen-bond donors (Lipinski definition) is 1. The standard InChI is InChI=1S/C11H13NO2/c13-8-9-2-1-3-10(6-9)14-11-4-5-12-7-11/h1-3,6,8,11-12H,4-5,7H2. The minimum absolute atomic E-state index is 0.247. The maximum Gasteiger partial charge on any atom is 0.150 e. The van der Waals surface area contributed by atoms with Gasteiger partial charge in [-0.15, -0.1) is 0 Å². The highest BCUT2D eigenvalue weighted by Crippen LogP contribution is 2.15. The van der Waals surface area contributed by atoms with Crippen molar-refractivity contribution in [3.05, 3.63) is 29.8 Å². The van der Waals surface area contributed by atoms with E-state index in [9.17, 15) is 4.79 Å². The summed E-state index contributed by atoms with van der Waals surface area (Å²) in [6, 6.07) is 7.25. The van der Waals surface area contributed by atoms with Crippen molar-refractivity contribution in [1.82, 2.24) is 5.32 Å². The molecule has 1 aliphatic rings. The van der Waals surface area contributed by atoms with Crippen LogP contribution in [0.1, 0.15) is 16.8 Å². The highest BCUT2D eigenvalue weighted by molar-refractivity contribution is 5.75. The Labute approximate surface area is 83.1 Å². The first-order chi connectivity index (χ1) is 6.88. The molecule has 3 nitrogen and oxygen atoms in total. The molecule has 0 saturated carbocycles. The third-order valence-corrected chi connectivity index (χ3v) is 2.31. The summed E-state index contributed by atoms with van der Waals surface area (Å²) in [5.41, 5.74) is 0.661. The SMILES string of the molecule is O=Cc1cccc(OC2CCNC2)c1. The van der Waals surface area contributed by atoms with Crippen molar-refractivity contribution >= 4 is 6.29 Å². The van der Waals surface area contributed by atoms with Gasteiger partial charge in [0.2, 0.25) is 0 Å². The first-order valence-corrected chi connectivity index (χ1v) is 4.81. The minimum atomic E-state index is 0.247. The maximum absolute atomic E-state index is 10.5. The van der Waals surface area contributed by atoms with E-state index < -0.39 is 0 Å². The number of carbonyl (C=O) groups is 1. The van der Waals surface area contributed by atoms with Gasteiger partial charge in [-0.05, 0) is 25.1 Å². The molecular weight excluding hydrogens is 178 g/mol. The molecule has 14 heavy (non-hydrogen) atoms. The predicted molar refractivity (Wildman–Crippen MR) is 53.7 cm³/mol. The highest BCUT2D eigenvalue weighted by Gasteiger charge is 2.15. The van der Waals surface area contributed by atoms with Crippen molar-refractivity contribution in [2.45, 2.75) is 12.5 Å². The van der Waals surface area contributed by atoms with Gasteiger partial charge < -0.3 is 10.1 Å². The first-order valence-electron chi connectivity index (χ1n) is 4.81. The molecule has 2 rings (SSSR count). The fourth-order valence-electron chi connectivity index (χ4n) is 1.58. The summed E-state index contributed by atoms with van der Waals surface area (Å²) in [7, 11) is 0. The van der Waals surface area contributed by atoms with Crippen LogP contribution in [0.4, 0.5) is 0 Å². The topological polar surface area (TPSA) is 38.3 Å². The van der Waals surface area contributed by atoms with E-state index >= 15 is 0 Å². The zero-order chi connectivity index (χ0) is 9.80. The second-order valence-corrected chi connectivity index (χ2v) is 3.42. The zero-order valence-electron chi connectivity index (χ0n) is 7.90. The van der Waals surface area contributed by atoms with Crippen molar-refractivity contribution in [2.75, 3.05) is 13.1 Å². The Morgan fingerprint density at radius 1 is 1.50 bits per heavy atom. The number of carbonyl (C=O) groups excluding carboxylic acids is 1. The fraction of sp³-hybridized carbons (Fsp3) is 0.364. The van der Waals surface area contributed by atoms with Gasteiger partial charge in [-0.3, -0.25) is 4.79 Å². The highest BCUT2D eigenvalue weighted by atomic mass is 16.5. The Morgan fingerprint density at radius 2 is 2.43 bits per heavy atom. The molecule has 0 aromatic heterocycles. The van der Waals surface area contributed by atoms with Crippen molar-refractivity contribution in [3.63, 3.8) is 0 Å². The molecule has 1 aromatic carbocycles. The molecule has 1 heterocycles. The summed E-state index contributed by atoms with van der Waals surface area (Å²) in [4.78, 5) is 10.5. The van der Waals surface area contributed by atoms with Gasteiger partial charge in [-0.1, -0.05) is 12.1 Å². The molecule has 74 valence electrons. The summed E-state index contributed by atoms with van der Waals surface area (Å²) in [6.45, 7) is 1.91. The number of benzene rings is 1. The zero-order valence-corrected chi connectivity index (χ0v) is 7.90. The average molecular weight is 191 g/mol. The molecule has 1 atom stereocenters. The van der Waals surface area contributed by atoms with Gasteiger partial charge in [0.1, 0.15) is 18.1 Å². The Balaban J connectivity index is 2.04. The van der Waals surface area contributed by atoms with Crippen LogP contribution < -0.4 is 10.1 Å². The van der Waals surface area contributed by atoms with E-state index in [2.05, 4.69) is 5.32 Å². The maximum atomic E-state index is 10.5. The summed E-state index contributed by atoms with van der Waals surface area (Å²) >= 11 is 0. The lowest BCUT2D eigenvalue weighted by atomic mass is 10.2. The molecular formula is C11H13NO2. The van der Waals surface area contributed by atoms with Crippen molar-refractivity contribution in [1.29, 1.82) is 0 Å². The molecule has 0 aliphatic carbocycles. The van der Waals surface area contributed by atoms with Crippen LogP contribution in [0.3, 0.4) is 0 Å². The number of nitrogens with one attached hydrogen (secondary N) is 1. The van der Waals surface area contributed by atoms with E-state index in [0.717, 1.165) is 31.5 Å². The molecule has 1 saturated heterocycles. The lowest BCUT2D eigenvalue weighted by Crippen LogP contribution is -2.19. The van der Waals surface area contributed by atoms with Crippen molar-refractivity contribution in [3.8, 4) is 5.75 Å². The quantitative estimate of drug-likeness (QED) is 0.730. The van der Waals surface area contributed by atoms with Crippen LogP contribution in [-0.4, -0.2) is 25.5 Å². The molecule has 1 aromatic rings. The minimum Gasteiger partial charge on any atom is -0.489 e. The van der Waals surface area contributed by atoms with Gasteiger partial charge in [-0.25, -0.2) is 0 Å². The molecule has 0 amide bonds. The van der Waals surface area contributed by atoms with E-state index in [0.29, 0.717) is 5.56 Å². The van der Waals surface area contributed by atoms with Crippen molar-refractivity contribution in [2.24, 2.45) is 0 Å². The number of rotatable bonds is 3. The summed E-state index contributed by atoms with van der Waals surface area (Å²) in [5, 5.41) is 3.23. The third kappa shape index (κ3) is 2.12. The molecule has 1 N–H and O–H groups in total. The van der Waals surface area contributed by atoms with Gasteiger partial charge >= 0.3 is 0 Å². The summed E-state index contributed by atoms with van der Waals surface area (Å²) in [6.07, 6.45) is 2.11. The number of ether oxygens (including phenoxy) is 1. The Kier molecular flexibility index (Phi) is 2.79. The smallest absolute Gasteiger partial charge is 0.150 e. The van der Waals surface area contributed by atoms with E-state index in [1.807, 2.05) is 12.1 Å². The van der Waals surface area contributed by atoms with Gasteiger partial charge in [-0.2, -0.15) is 0 Å². The van der Waals surface area contributed by atoms with Gasteiger partial charge in [0, 0.05) is 12.1 Å². The molecule has 0 radical (unpaired) electrons. The second kappa shape index (κ2) is 4.24. The van der Waals surface area contributed by atoms with Gasteiger partial charge in [0.05, 0.1) is 0 Å². The number of hydrogen-bond acceptors (Lipinski definition) is 3. The Bertz CT molecular complexity index is 319. The third-order valence-electron chi connectivity index (χ3n) is 2.31. The Hall–Kier alpha value is -1.35. The Morgan fingerprint density at radius 3 is 3.14 bits per heavy atom. The van der Waals surface area contributed by atoms with Gasteiger partial charge in [0.15, 0.2) is 0 Å². The van der Waals surface area contributed by atoms with Crippen LogP contribution >= 0.6 is 0 Å². The molecule has 0 bridgehead atoms. The fourth-order valence-corrected chi connectivity index (χ4v) is 1.58. The molecule has 1 aliphatic heterocycles. The van der Waals surface area contributed by atoms with Crippen LogP contribution in [0.2, 0.25) is 0 Å². The van der Waals surface area contributed by atoms with E-state index in [1.165, 1.54) is 0 Å². The van der Waals surface area contributed by atoms with Crippen LogP contribution in [0.15, 0.2) is 24.3 Å². The number of aldehydes is 1. The van der Waals surface area contributed by atoms with E-state index in [4.69, 9.17) is 4.74 Å². The van der Waals surface area contributed by atoms with Crippen molar-refractivity contribution < 1.29 is 9.53 Å². The van der Waals surface area contributed by atoms with Crippen LogP contribution in [-0.2, 0) is 0 Å². The molecule has 3 heteroatoms. The predicted octanol–water partition coefficient (Wildman–Crippen LogP) is 1.24. The molecule has 1 fully saturated rings. The van der Waals surface area contributed by atoms with Crippen LogP contribution in [0.5, 0.6) is 5.75 Å². The van der Waals surface area contributed by atoms with E-state index in [-0.39, 0.29) is 6.10 Å². The largest absolute Gasteiger partial charge is 0.489 e. The second-order valence-electron chi connectivity index (χ2n) is 3.42. The lowest BCUT2D eigenvalue weighted by Gasteiger charge is -2.12. The average Bonchev–Trinajstić information content (AvgIpc) is 2.71. The van der Waals surface area contributed by atoms with Gasteiger partial charge in [0.25, 0.3) is 0 Å². The lowest BCUT2D eigenvalue weighted by molar-refractivity contribution is 0.112. The normalized spacial score (nSPS) is 20.7. The van der Waals surface area contributed by atoms with Crippen LogP contribution in [0, 0.1) is 0 Å². The first kappa shape index (κ1) is 9.21. The monoisotopic (exact) mass is 191 g/mol. The summed E-state index contributed by atoms with van der Waals surface area (Å²) < 4.78 is 5.70. The summed E-state index contributed by atoms with van der Waals surface area (Å²) in [5.74, 6) is 0.781.